The van der Waals surface area contributed by atoms with Gasteiger partial charge < -0.3 is 5.32 Å². The molecule has 13 heavy (non-hydrogen) atoms. The molecule has 0 saturated carbocycles. The van der Waals surface area contributed by atoms with Gasteiger partial charge in [-0.3, -0.25) is 5.10 Å². The highest BCUT2D eigenvalue weighted by Crippen LogP contribution is 2.14. The molecule has 3 nitrogen and oxygen atoms in total. The fourth-order valence-corrected chi connectivity index (χ4v) is 1.59. The molecule has 0 aliphatic carbocycles. The van der Waals surface area contributed by atoms with Gasteiger partial charge >= 0.3 is 0 Å². The first-order valence-corrected chi connectivity index (χ1v) is 5.61. The molecule has 1 atom stereocenters. The third-order valence-electron chi connectivity index (χ3n) is 2.15. The van der Waals surface area contributed by atoms with Crippen LogP contribution in [-0.2, 0) is 0 Å². The summed E-state index contributed by atoms with van der Waals surface area (Å²) in [5.74, 6) is 1.34. The van der Waals surface area contributed by atoms with Crippen LogP contribution in [0.3, 0.4) is 0 Å². The van der Waals surface area contributed by atoms with Gasteiger partial charge in [-0.25, -0.2) is 0 Å². The van der Waals surface area contributed by atoms with E-state index in [9.17, 15) is 0 Å². The van der Waals surface area contributed by atoms with Crippen molar-refractivity contribution in [1.29, 1.82) is 0 Å². The lowest BCUT2D eigenvalue weighted by Crippen LogP contribution is -2.16. The van der Waals surface area contributed by atoms with Gasteiger partial charge in [0.15, 0.2) is 3.95 Å². The van der Waals surface area contributed by atoms with Crippen molar-refractivity contribution in [2.45, 2.75) is 20.8 Å². The molecule has 1 unspecified atom stereocenters. The molecule has 0 aliphatic rings. The predicted octanol–water partition coefficient (Wildman–Crippen LogP) is 2.90. The van der Waals surface area contributed by atoms with Gasteiger partial charge in [-0.2, -0.15) is 0 Å². The van der Waals surface area contributed by atoms with Gasteiger partial charge in [-0.15, -0.1) is 5.10 Å². The van der Waals surface area contributed by atoms with E-state index in [0.29, 0.717) is 11.8 Å². The van der Waals surface area contributed by atoms with Gasteiger partial charge in [0.1, 0.15) is 0 Å². The van der Waals surface area contributed by atoms with Crippen LogP contribution in [0.2, 0.25) is 0 Å². The number of aromatic nitrogens is 2. The Bertz CT molecular complexity index is 302. The first-order valence-electron chi connectivity index (χ1n) is 4.39. The van der Waals surface area contributed by atoms with Crippen molar-refractivity contribution in [3.8, 4) is 0 Å². The zero-order chi connectivity index (χ0) is 9.84. The maximum absolute atomic E-state index is 4.92. The maximum atomic E-state index is 4.92. The average molecular weight is 217 g/mol. The summed E-state index contributed by atoms with van der Waals surface area (Å²) in [5.41, 5.74) is 0. The van der Waals surface area contributed by atoms with Crippen molar-refractivity contribution < 1.29 is 0 Å². The summed E-state index contributed by atoms with van der Waals surface area (Å²) < 4.78 is 0.722. The summed E-state index contributed by atoms with van der Waals surface area (Å²) in [7, 11) is 0. The molecule has 1 aromatic heterocycles. The number of hydrogen-bond acceptors (Lipinski definition) is 4. The van der Waals surface area contributed by atoms with Gasteiger partial charge in [0.2, 0.25) is 5.13 Å². The molecule has 0 aromatic carbocycles. The van der Waals surface area contributed by atoms with Crippen LogP contribution in [-0.4, -0.2) is 16.7 Å². The number of rotatable bonds is 4. The molecule has 2 N–H and O–H groups in total. The fourth-order valence-electron chi connectivity index (χ4n) is 0.789. The number of hydrogen-bond donors (Lipinski definition) is 2. The monoisotopic (exact) mass is 217 g/mol. The fraction of sp³-hybridized carbons (Fsp3) is 0.750. The number of nitrogens with one attached hydrogen (secondary N) is 2. The number of nitrogens with zero attached hydrogens (tertiary/aromatic N) is 1. The normalized spacial score (nSPS) is 13.2. The molecule has 0 aliphatic heterocycles. The van der Waals surface area contributed by atoms with Crippen molar-refractivity contribution in [2.75, 3.05) is 11.9 Å². The molecule has 0 bridgehead atoms. The van der Waals surface area contributed by atoms with Crippen LogP contribution < -0.4 is 5.32 Å². The van der Waals surface area contributed by atoms with E-state index in [1.165, 1.54) is 11.3 Å². The summed E-state index contributed by atoms with van der Waals surface area (Å²) in [6.45, 7) is 7.62. The summed E-state index contributed by atoms with van der Waals surface area (Å²) in [5, 5.41) is 10.9. The molecule has 0 radical (unpaired) electrons. The Morgan fingerprint density at radius 3 is 2.69 bits per heavy atom. The molecule has 5 heteroatoms. The SMILES string of the molecule is CC(C)C(C)CNc1n[nH]c(=S)s1. The average Bonchev–Trinajstić information content (AvgIpc) is 2.47. The Labute approximate surface area is 87.6 Å². The molecule has 1 rings (SSSR count). The van der Waals surface area contributed by atoms with E-state index in [2.05, 4.69) is 36.3 Å². The van der Waals surface area contributed by atoms with Gasteiger partial charge in [0, 0.05) is 6.54 Å². The molecule has 0 spiro atoms. The van der Waals surface area contributed by atoms with E-state index in [-0.39, 0.29) is 0 Å². The smallest absolute Gasteiger partial charge is 0.204 e. The van der Waals surface area contributed by atoms with Gasteiger partial charge in [-0.1, -0.05) is 32.1 Å². The Kier molecular flexibility index (Phi) is 3.87. The molecule has 1 heterocycles. The highest BCUT2D eigenvalue weighted by Gasteiger charge is 2.07. The highest BCUT2D eigenvalue weighted by molar-refractivity contribution is 7.73. The Morgan fingerprint density at radius 1 is 1.54 bits per heavy atom. The van der Waals surface area contributed by atoms with E-state index in [4.69, 9.17) is 12.2 Å². The van der Waals surface area contributed by atoms with E-state index < -0.39 is 0 Å². The van der Waals surface area contributed by atoms with E-state index in [1.807, 2.05) is 0 Å². The highest BCUT2D eigenvalue weighted by atomic mass is 32.1. The largest absolute Gasteiger partial charge is 0.360 e. The number of aromatic amines is 1. The van der Waals surface area contributed by atoms with Crippen molar-refractivity contribution >= 4 is 28.7 Å². The van der Waals surface area contributed by atoms with Crippen LogP contribution in [0, 0.1) is 15.8 Å². The van der Waals surface area contributed by atoms with Crippen LogP contribution in [0.4, 0.5) is 5.13 Å². The van der Waals surface area contributed by atoms with Crippen molar-refractivity contribution in [2.24, 2.45) is 11.8 Å². The Balaban J connectivity index is 2.39. The summed E-state index contributed by atoms with van der Waals surface area (Å²) in [6, 6.07) is 0. The zero-order valence-electron chi connectivity index (χ0n) is 8.13. The molecule has 1 aromatic rings. The molecule has 0 saturated heterocycles. The van der Waals surface area contributed by atoms with Crippen LogP contribution in [0.15, 0.2) is 0 Å². The molecular weight excluding hydrogens is 202 g/mol. The third kappa shape index (κ3) is 3.44. The molecular formula is C8H15N3S2. The van der Waals surface area contributed by atoms with Crippen molar-refractivity contribution in [3.63, 3.8) is 0 Å². The van der Waals surface area contributed by atoms with E-state index in [1.54, 1.807) is 0 Å². The van der Waals surface area contributed by atoms with E-state index in [0.717, 1.165) is 15.6 Å². The van der Waals surface area contributed by atoms with Gasteiger partial charge in [-0.05, 0) is 24.1 Å². The standard InChI is InChI=1S/C8H15N3S2/c1-5(2)6(3)4-9-7-10-11-8(12)13-7/h5-6H,4H2,1-3H3,(H,9,10)(H,11,12). The lowest BCUT2D eigenvalue weighted by atomic mass is 9.98. The third-order valence-corrected chi connectivity index (χ3v) is 3.20. The minimum absolute atomic E-state index is 0.650. The summed E-state index contributed by atoms with van der Waals surface area (Å²) in [6.07, 6.45) is 0. The lowest BCUT2D eigenvalue weighted by Gasteiger charge is -2.14. The second kappa shape index (κ2) is 4.72. The first-order chi connectivity index (χ1) is 6.09. The van der Waals surface area contributed by atoms with Gasteiger partial charge in [0.25, 0.3) is 0 Å². The first kappa shape index (κ1) is 10.7. The Morgan fingerprint density at radius 2 is 2.23 bits per heavy atom. The quantitative estimate of drug-likeness (QED) is 0.762. The van der Waals surface area contributed by atoms with Crippen LogP contribution in [0.25, 0.3) is 0 Å². The maximum Gasteiger partial charge on any atom is 0.204 e. The molecule has 0 amide bonds. The minimum atomic E-state index is 0.650. The topological polar surface area (TPSA) is 40.7 Å². The predicted molar refractivity (Wildman–Crippen MR) is 59.8 cm³/mol. The van der Waals surface area contributed by atoms with Crippen LogP contribution in [0.1, 0.15) is 20.8 Å². The minimum Gasteiger partial charge on any atom is -0.360 e. The van der Waals surface area contributed by atoms with E-state index >= 15 is 0 Å². The summed E-state index contributed by atoms with van der Waals surface area (Å²) >= 11 is 6.40. The lowest BCUT2D eigenvalue weighted by molar-refractivity contribution is 0.439. The zero-order valence-corrected chi connectivity index (χ0v) is 9.76. The summed E-state index contributed by atoms with van der Waals surface area (Å²) in [4.78, 5) is 0. The second-order valence-electron chi connectivity index (χ2n) is 3.52. The second-order valence-corrected chi connectivity index (χ2v) is 5.19. The molecule has 74 valence electrons. The van der Waals surface area contributed by atoms with Crippen LogP contribution in [0.5, 0.6) is 0 Å². The molecule has 0 fully saturated rings. The number of H-pyrrole nitrogens is 1. The van der Waals surface area contributed by atoms with Crippen molar-refractivity contribution in [1.82, 2.24) is 10.2 Å². The number of anilines is 1. The van der Waals surface area contributed by atoms with Crippen LogP contribution >= 0.6 is 23.6 Å². The Hall–Kier alpha value is -0.420. The van der Waals surface area contributed by atoms with Gasteiger partial charge in [0.05, 0.1) is 0 Å². The van der Waals surface area contributed by atoms with Crippen molar-refractivity contribution in [3.05, 3.63) is 3.95 Å².